The molecule has 2 atom stereocenters. The molecule has 1 fully saturated rings. The van der Waals surface area contributed by atoms with Crippen molar-refractivity contribution in [2.24, 2.45) is 11.7 Å². The molecule has 1 aliphatic heterocycles. The van der Waals surface area contributed by atoms with Gasteiger partial charge in [0.2, 0.25) is 11.8 Å². The second-order valence-electron chi connectivity index (χ2n) is 4.28. The fourth-order valence-corrected chi connectivity index (χ4v) is 1.93. The van der Waals surface area contributed by atoms with E-state index in [-0.39, 0.29) is 17.1 Å². The lowest BCUT2D eigenvalue weighted by Gasteiger charge is -2.26. The zero-order chi connectivity index (χ0) is 11.6. The molecule has 1 heterocycles. The smallest absolute Gasteiger partial charge is 0.240 e. The van der Waals surface area contributed by atoms with Gasteiger partial charge in [0, 0.05) is 6.54 Å². The normalized spacial score (nSPS) is 23.2. The molecule has 1 saturated heterocycles. The number of carbonyl (C=O) groups excluding carboxylic acids is 2. The van der Waals surface area contributed by atoms with E-state index in [0.29, 0.717) is 13.0 Å². The quantitative estimate of drug-likeness (QED) is 0.690. The summed E-state index contributed by atoms with van der Waals surface area (Å²) in [7, 11) is 0. The van der Waals surface area contributed by atoms with Crippen molar-refractivity contribution >= 4 is 24.4 Å². The molecule has 0 aromatic heterocycles. The Morgan fingerprint density at radius 3 is 2.53 bits per heavy atom. The summed E-state index contributed by atoms with van der Waals surface area (Å²) in [5.41, 5.74) is 5.24. The predicted octanol–water partition coefficient (Wildman–Crippen LogP) is 0.417. The summed E-state index contributed by atoms with van der Waals surface area (Å²) in [4.78, 5) is 24.6. The van der Waals surface area contributed by atoms with E-state index >= 15 is 0 Å². The average Bonchev–Trinajstić information content (AvgIpc) is 2.63. The van der Waals surface area contributed by atoms with Crippen molar-refractivity contribution in [2.75, 3.05) is 6.54 Å². The van der Waals surface area contributed by atoms with E-state index in [2.05, 4.69) is 12.6 Å². The first-order valence-corrected chi connectivity index (χ1v) is 5.74. The van der Waals surface area contributed by atoms with Gasteiger partial charge in [-0.15, -0.1) is 0 Å². The minimum absolute atomic E-state index is 0.0744. The summed E-state index contributed by atoms with van der Waals surface area (Å²) >= 11 is 4.26. The van der Waals surface area contributed by atoms with Crippen LogP contribution in [0.1, 0.15) is 26.7 Å². The number of amides is 2. The van der Waals surface area contributed by atoms with Crippen molar-refractivity contribution in [1.82, 2.24) is 4.90 Å². The lowest BCUT2D eigenvalue weighted by atomic mass is 10.1. The number of nitrogens with two attached hydrogens (primary N) is 1. The summed E-state index contributed by atoms with van der Waals surface area (Å²) in [6.07, 6.45) is 1.53. The van der Waals surface area contributed by atoms with Crippen molar-refractivity contribution in [3.8, 4) is 0 Å². The van der Waals surface area contributed by atoms with Crippen LogP contribution >= 0.6 is 12.6 Å². The van der Waals surface area contributed by atoms with Crippen molar-refractivity contribution in [2.45, 2.75) is 38.0 Å². The van der Waals surface area contributed by atoms with Crippen LogP contribution in [-0.2, 0) is 9.59 Å². The molecule has 86 valence electrons. The van der Waals surface area contributed by atoms with Gasteiger partial charge in [0.15, 0.2) is 0 Å². The van der Waals surface area contributed by atoms with Gasteiger partial charge in [0.05, 0.1) is 5.25 Å². The van der Waals surface area contributed by atoms with Crippen LogP contribution in [0.25, 0.3) is 0 Å². The zero-order valence-corrected chi connectivity index (χ0v) is 10.0. The van der Waals surface area contributed by atoms with Gasteiger partial charge in [-0.25, -0.2) is 0 Å². The Morgan fingerprint density at radius 1 is 1.47 bits per heavy atom. The number of nitrogens with zero attached hydrogens (tertiary/aromatic N) is 1. The Labute approximate surface area is 95.6 Å². The highest BCUT2D eigenvalue weighted by molar-refractivity contribution is 7.81. The summed E-state index contributed by atoms with van der Waals surface area (Å²) in [5.74, 6) is -0.324. The van der Waals surface area contributed by atoms with Crippen LogP contribution < -0.4 is 5.73 Å². The van der Waals surface area contributed by atoms with Crippen LogP contribution in [0.4, 0.5) is 0 Å². The molecule has 0 aromatic carbocycles. The molecule has 0 bridgehead atoms. The van der Waals surface area contributed by atoms with E-state index in [1.54, 1.807) is 4.90 Å². The highest BCUT2D eigenvalue weighted by Crippen LogP contribution is 2.21. The van der Waals surface area contributed by atoms with Gasteiger partial charge in [-0.2, -0.15) is 12.6 Å². The first-order valence-electron chi connectivity index (χ1n) is 5.23. The van der Waals surface area contributed by atoms with E-state index in [9.17, 15) is 9.59 Å². The highest BCUT2D eigenvalue weighted by atomic mass is 32.1. The maximum absolute atomic E-state index is 11.9. The number of primary amides is 1. The minimum Gasteiger partial charge on any atom is -0.368 e. The molecular formula is C10H18N2O2S. The monoisotopic (exact) mass is 230 g/mol. The van der Waals surface area contributed by atoms with Gasteiger partial charge in [0.1, 0.15) is 6.04 Å². The molecule has 1 aliphatic rings. The van der Waals surface area contributed by atoms with Gasteiger partial charge < -0.3 is 10.6 Å². The molecule has 0 spiro atoms. The Hall–Kier alpha value is -0.710. The third-order valence-electron chi connectivity index (χ3n) is 2.75. The Morgan fingerprint density at radius 2 is 2.07 bits per heavy atom. The number of likely N-dealkylation sites (tertiary alicyclic amines) is 1. The fourth-order valence-electron chi connectivity index (χ4n) is 1.78. The molecule has 1 rings (SSSR count). The number of hydrogen-bond acceptors (Lipinski definition) is 3. The molecular weight excluding hydrogens is 212 g/mol. The molecule has 2 N–H and O–H groups in total. The van der Waals surface area contributed by atoms with Crippen LogP contribution in [0, 0.1) is 5.92 Å². The molecule has 4 nitrogen and oxygen atoms in total. The van der Waals surface area contributed by atoms with Gasteiger partial charge >= 0.3 is 0 Å². The van der Waals surface area contributed by atoms with E-state index in [1.165, 1.54) is 0 Å². The maximum atomic E-state index is 11.9. The zero-order valence-electron chi connectivity index (χ0n) is 9.14. The third kappa shape index (κ3) is 2.65. The maximum Gasteiger partial charge on any atom is 0.240 e. The van der Waals surface area contributed by atoms with Gasteiger partial charge in [0.25, 0.3) is 0 Å². The van der Waals surface area contributed by atoms with Gasteiger partial charge in [-0.1, -0.05) is 13.8 Å². The number of hydrogen-bond donors (Lipinski definition) is 2. The number of thiol groups is 1. The second kappa shape index (κ2) is 4.88. The third-order valence-corrected chi connectivity index (χ3v) is 3.57. The molecule has 0 saturated carbocycles. The first kappa shape index (κ1) is 12.4. The molecule has 2 unspecified atom stereocenters. The Kier molecular flexibility index (Phi) is 4.02. The molecule has 0 aliphatic carbocycles. The molecule has 0 aromatic rings. The summed E-state index contributed by atoms with van der Waals surface area (Å²) in [6, 6.07) is -0.425. The van der Waals surface area contributed by atoms with Crippen molar-refractivity contribution in [3.05, 3.63) is 0 Å². The summed E-state index contributed by atoms with van der Waals surface area (Å²) in [6.45, 7) is 4.49. The summed E-state index contributed by atoms with van der Waals surface area (Å²) in [5, 5.41) is -0.343. The summed E-state index contributed by atoms with van der Waals surface area (Å²) < 4.78 is 0. The second-order valence-corrected chi connectivity index (χ2v) is 4.84. The molecule has 2 amide bonds. The van der Waals surface area contributed by atoms with E-state index in [1.807, 2.05) is 13.8 Å². The Bertz CT molecular complexity index is 268. The van der Waals surface area contributed by atoms with Crippen molar-refractivity contribution in [3.63, 3.8) is 0 Å². The van der Waals surface area contributed by atoms with Crippen LogP contribution in [-0.4, -0.2) is 34.6 Å². The molecule has 5 heteroatoms. The largest absolute Gasteiger partial charge is 0.368 e. The van der Waals surface area contributed by atoms with E-state index in [0.717, 1.165) is 6.42 Å². The van der Waals surface area contributed by atoms with Crippen LogP contribution in [0.5, 0.6) is 0 Å². The standard InChI is InChI=1S/C10H18N2O2S/c1-6(2)8(15)10(14)12-5-3-4-7(12)9(11)13/h6-8,15H,3-5H2,1-2H3,(H2,11,13). The van der Waals surface area contributed by atoms with Gasteiger partial charge in [-0.3, -0.25) is 9.59 Å². The molecule has 0 radical (unpaired) electrons. The SMILES string of the molecule is CC(C)C(S)C(=O)N1CCCC1C(N)=O. The fraction of sp³-hybridized carbons (Fsp3) is 0.800. The highest BCUT2D eigenvalue weighted by Gasteiger charge is 2.35. The average molecular weight is 230 g/mol. The van der Waals surface area contributed by atoms with Crippen molar-refractivity contribution < 1.29 is 9.59 Å². The van der Waals surface area contributed by atoms with Crippen molar-refractivity contribution in [1.29, 1.82) is 0 Å². The number of carbonyl (C=O) groups is 2. The van der Waals surface area contributed by atoms with E-state index in [4.69, 9.17) is 5.73 Å². The predicted molar refractivity (Wildman–Crippen MR) is 61.5 cm³/mol. The first-order chi connectivity index (χ1) is 6.95. The minimum atomic E-state index is -0.425. The van der Waals surface area contributed by atoms with E-state index < -0.39 is 11.9 Å². The lowest BCUT2D eigenvalue weighted by Crippen LogP contribution is -2.47. The molecule has 15 heavy (non-hydrogen) atoms. The topological polar surface area (TPSA) is 63.4 Å². The number of rotatable bonds is 3. The van der Waals surface area contributed by atoms with Gasteiger partial charge in [-0.05, 0) is 18.8 Å². The van der Waals surface area contributed by atoms with Crippen LogP contribution in [0.15, 0.2) is 0 Å². The van der Waals surface area contributed by atoms with Crippen LogP contribution in [0.3, 0.4) is 0 Å². The van der Waals surface area contributed by atoms with Crippen LogP contribution in [0.2, 0.25) is 0 Å². The lowest BCUT2D eigenvalue weighted by molar-refractivity contribution is -0.137. The Balaban J connectivity index is 2.70.